The summed E-state index contributed by atoms with van der Waals surface area (Å²) >= 11 is 12.9. The van der Waals surface area contributed by atoms with Crippen LogP contribution in [0.2, 0.25) is 10.0 Å². The number of likely N-dealkylation sites (N-methyl/N-ethyl adjacent to an activating group) is 2. The first-order valence-electron chi connectivity index (χ1n) is 26.2. The van der Waals surface area contributed by atoms with Crippen LogP contribution < -0.4 is 20.7 Å². The summed E-state index contributed by atoms with van der Waals surface area (Å²) in [5.74, 6) is -1.29. The van der Waals surface area contributed by atoms with E-state index in [1.165, 1.54) is 16.9 Å². The van der Waals surface area contributed by atoms with E-state index < -0.39 is 47.8 Å². The maximum absolute atomic E-state index is 15.6. The number of nitrogens with zero attached hydrogens (tertiary/aromatic N) is 6. The minimum atomic E-state index is -1.22. The molecule has 2 heterocycles. The Hall–Kier alpha value is -6.30. The van der Waals surface area contributed by atoms with Crippen LogP contribution >= 0.6 is 23.2 Å². The second kappa shape index (κ2) is 27.8. The SMILES string of the molecule is COC[C@@H]1NC(=O)[C@H](CCCNC(C)(C)C)N(Cc2ccc(Cl)cc2Oc2ccc(-c3cnc(CN(C)C)n3C)cc2)C(=O)C[C@@H](Cc2ccccc2)C(=O)N(C)[C@@H](C)CNC(=O)C[C@H](Cc2ccc(Cl)cc2)N(C)C1=O. The summed E-state index contributed by atoms with van der Waals surface area (Å²) in [5, 5.41) is 10.4. The fourth-order valence-corrected chi connectivity index (χ4v) is 9.69. The number of ether oxygens (including phenoxy) is 2. The number of amides is 5. The van der Waals surface area contributed by atoms with Gasteiger partial charge in [0.1, 0.15) is 29.4 Å². The first-order valence-corrected chi connectivity index (χ1v) is 27.0. The molecule has 0 spiro atoms. The first kappa shape index (κ1) is 59.9. The fourth-order valence-electron chi connectivity index (χ4n) is 9.40. The molecule has 0 aliphatic carbocycles. The third kappa shape index (κ3) is 17.3. The average Bonchev–Trinajstić information content (AvgIpc) is 3.75. The Morgan fingerprint density at radius 3 is 2.16 bits per heavy atom. The normalized spacial score (nSPS) is 19.8. The van der Waals surface area contributed by atoms with Gasteiger partial charge in [-0.3, -0.25) is 24.0 Å². The van der Waals surface area contributed by atoms with Crippen molar-refractivity contribution >= 4 is 52.7 Å². The predicted octanol–water partition coefficient (Wildman–Crippen LogP) is 7.93. The van der Waals surface area contributed by atoms with E-state index in [0.717, 1.165) is 28.2 Å². The molecule has 5 atom stereocenters. The lowest BCUT2D eigenvalue weighted by molar-refractivity contribution is -0.147. The van der Waals surface area contributed by atoms with Gasteiger partial charge in [0.05, 0.1) is 37.5 Å². The van der Waals surface area contributed by atoms with Crippen molar-refractivity contribution in [3.8, 4) is 22.8 Å². The van der Waals surface area contributed by atoms with Gasteiger partial charge < -0.3 is 49.6 Å². The Balaban J connectivity index is 1.44. The molecule has 3 N–H and O–H groups in total. The Bertz CT molecular complexity index is 2770. The number of benzene rings is 4. The molecule has 5 aromatic rings. The van der Waals surface area contributed by atoms with Crippen molar-refractivity contribution in [3.63, 3.8) is 0 Å². The molecule has 5 amide bonds. The minimum Gasteiger partial charge on any atom is -0.457 e. The topological polar surface area (TPSA) is 171 Å². The van der Waals surface area contributed by atoms with Gasteiger partial charge in [0.15, 0.2) is 0 Å². The van der Waals surface area contributed by atoms with E-state index in [9.17, 15) is 14.4 Å². The maximum atomic E-state index is 15.6. The van der Waals surface area contributed by atoms with Gasteiger partial charge in [0, 0.05) is 86.4 Å². The second-order valence-corrected chi connectivity index (χ2v) is 22.3. The average molecular weight is 1100 g/mol. The maximum Gasteiger partial charge on any atom is 0.247 e. The quantitative estimate of drug-likeness (QED) is 0.0778. The fraction of sp³-hybridized carbons (Fsp3) is 0.458. The third-order valence-corrected chi connectivity index (χ3v) is 14.4. The lowest BCUT2D eigenvalue weighted by Crippen LogP contribution is -2.58. The molecule has 1 aromatic heterocycles. The summed E-state index contributed by atoms with van der Waals surface area (Å²) in [6.45, 7) is 8.94. The smallest absolute Gasteiger partial charge is 0.247 e. The molecule has 0 unspecified atom stereocenters. The number of carbonyl (C=O) groups excluding carboxylic acids is 5. The monoisotopic (exact) mass is 1090 g/mol. The number of halogens is 2. The molecule has 0 saturated carbocycles. The largest absolute Gasteiger partial charge is 0.457 e. The van der Waals surface area contributed by atoms with Crippen molar-refractivity contribution in [2.45, 2.75) is 109 Å². The molecular formula is C59H77Cl2N9O7. The Morgan fingerprint density at radius 1 is 0.818 bits per heavy atom. The standard InChI is InChI=1S/C59H77Cl2N9O7/c1-39-34-63-54(71)33-47(30-41-18-23-45(60)24-19-41)68(8)58(75)49(38-76-10)65-56(73)50(17-14-28-64-59(2,3)4)70(55(72)31-44(57(74)67(39)7)29-40-15-12-11-13-16-40)36-43-20-25-46(61)32-52(43)77-48-26-21-42(22-27-48)51-35-62-53(69(51)9)37-66(5)6/h11-13,15-16,18-27,32,35,39,44,47,49-50,64H,14,17,28-31,33-34,36-38H2,1-10H3,(H,63,71)(H,65,73)/t39-,44+,47-,49-,50-/m0/s1. The molecule has 18 heteroatoms. The lowest BCUT2D eigenvalue weighted by atomic mass is 9.92. The summed E-state index contributed by atoms with van der Waals surface area (Å²) < 4.78 is 14.3. The zero-order chi connectivity index (χ0) is 56.0. The van der Waals surface area contributed by atoms with Crippen LogP contribution in [0.25, 0.3) is 11.3 Å². The second-order valence-electron chi connectivity index (χ2n) is 21.4. The molecule has 414 valence electrons. The van der Waals surface area contributed by atoms with E-state index in [4.69, 9.17) is 32.7 Å². The van der Waals surface area contributed by atoms with Crippen LogP contribution in [0, 0.1) is 5.92 Å². The summed E-state index contributed by atoms with van der Waals surface area (Å²) in [6.07, 6.45) is 2.64. The number of hydrogen-bond acceptors (Lipinski definition) is 10. The van der Waals surface area contributed by atoms with E-state index in [0.29, 0.717) is 53.0 Å². The van der Waals surface area contributed by atoms with Crippen molar-refractivity contribution in [1.82, 2.24) is 45.1 Å². The highest BCUT2D eigenvalue weighted by Gasteiger charge is 2.38. The number of methoxy groups -OCH3 is 1. The number of imidazole rings is 1. The van der Waals surface area contributed by atoms with Gasteiger partial charge in [-0.05, 0) is 134 Å². The molecule has 0 radical (unpaired) electrons. The van der Waals surface area contributed by atoms with Gasteiger partial charge in [-0.1, -0.05) is 71.7 Å². The van der Waals surface area contributed by atoms with Crippen LogP contribution in [0.4, 0.5) is 0 Å². The van der Waals surface area contributed by atoms with Crippen LogP contribution in [0.15, 0.2) is 103 Å². The van der Waals surface area contributed by atoms with Crippen molar-refractivity contribution < 1.29 is 33.4 Å². The molecule has 6 rings (SSSR count). The highest BCUT2D eigenvalue weighted by Crippen LogP contribution is 2.33. The number of hydrogen-bond donors (Lipinski definition) is 3. The molecule has 1 aliphatic rings. The van der Waals surface area contributed by atoms with Crippen LogP contribution in [-0.4, -0.2) is 143 Å². The third-order valence-electron chi connectivity index (χ3n) is 13.9. The van der Waals surface area contributed by atoms with E-state index in [-0.39, 0.29) is 62.7 Å². The van der Waals surface area contributed by atoms with Crippen LogP contribution in [0.3, 0.4) is 0 Å². The summed E-state index contributed by atoms with van der Waals surface area (Å²) in [6, 6.07) is 25.9. The summed E-state index contributed by atoms with van der Waals surface area (Å²) in [7, 11) is 10.7. The van der Waals surface area contributed by atoms with Crippen LogP contribution in [0.1, 0.15) is 75.9 Å². The molecule has 1 saturated heterocycles. The predicted molar refractivity (Wildman–Crippen MR) is 303 cm³/mol. The number of carbonyl (C=O) groups is 5. The highest BCUT2D eigenvalue weighted by atomic mass is 35.5. The van der Waals surface area contributed by atoms with Crippen molar-refractivity contribution in [1.29, 1.82) is 0 Å². The zero-order valence-electron chi connectivity index (χ0n) is 46.3. The number of nitrogens with one attached hydrogen (secondary N) is 3. The Morgan fingerprint density at radius 2 is 1.49 bits per heavy atom. The zero-order valence-corrected chi connectivity index (χ0v) is 47.8. The number of aromatic nitrogens is 2. The van der Waals surface area contributed by atoms with Crippen molar-refractivity contribution in [3.05, 3.63) is 136 Å². The van der Waals surface area contributed by atoms with E-state index >= 15 is 9.59 Å². The first-order chi connectivity index (χ1) is 36.6. The van der Waals surface area contributed by atoms with Gasteiger partial charge in [-0.2, -0.15) is 0 Å². The molecule has 16 nitrogen and oxygen atoms in total. The Kier molecular flexibility index (Phi) is 21.7. The van der Waals surface area contributed by atoms with Crippen LogP contribution in [0.5, 0.6) is 11.5 Å². The summed E-state index contributed by atoms with van der Waals surface area (Å²) in [4.78, 5) is 85.8. The van der Waals surface area contributed by atoms with Crippen molar-refractivity contribution in [2.24, 2.45) is 13.0 Å². The van der Waals surface area contributed by atoms with Gasteiger partial charge in [-0.15, -0.1) is 0 Å². The molecule has 4 aromatic carbocycles. The number of rotatable bonds is 17. The molecule has 0 bridgehead atoms. The van der Waals surface area contributed by atoms with Crippen molar-refractivity contribution in [2.75, 3.05) is 55.0 Å². The molecular weight excluding hydrogens is 1020 g/mol. The molecule has 77 heavy (non-hydrogen) atoms. The van der Waals surface area contributed by atoms with E-state index in [2.05, 4.69) is 30.4 Å². The van der Waals surface area contributed by atoms with Gasteiger partial charge >= 0.3 is 0 Å². The Labute approximate surface area is 464 Å². The van der Waals surface area contributed by atoms with Gasteiger partial charge in [-0.25, -0.2) is 4.98 Å². The summed E-state index contributed by atoms with van der Waals surface area (Å²) in [5.41, 5.74) is 3.85. The lowest BCUT2D eigenvalue weighted by Gasteiger charge is -2.36. The van der Waals surface area contributed by atoms with E-state index in [1.54, 1.807) is 49.3 Å². The minimum absolute atomic E-state index is 0.0802. The highest BCUT2D eigenvalue weighted by molar-refractivity contribution is 6.31. The van der Waals surface area contributed by atoms with Crippen LogP contribution in [-0.2, 0) is 61.7 Å². The molecule has 1 fully saturated rings. The van der Waals surface area contributed by atoms with Gasteiger partial charge in [0.2, 0.25) is 29.5 Å². The molecule has 1 aliphatic heterocycles. The van der Waals surface area contributed by atoms with Gasteiger partial charge in [0.25, 0.3) is 0 Å². The van der Waals surface area contributed by atoms with E-state index in [1.807, 2.05) is 122 Å².